The summed E-state index contributed by atoms with van der Waals surface area (Å²) in [5.41, 5.74) is 1.23. The summed E-state index contributed by atoms with van der Waals surface area (Å²) in [5.74, 6) is 0.128. The van der Waals surface area contributed by atoms with Gasteiger partial charge in [-0.2, -0.15) is 0 Å². The Balaban J connectivity index is 1.70. The van der Waals surface area contributed by atoms with Gasteiger partial charge in [0.15, 0.2) is 0 Å². The first kappa shape index (κ1) is 17.7. The van der Waals surface area contributed by atoms with Crippen LogP contribution in [-0.4, -0.2) is 27.2 Å². The molecule has 24 heavy (non-hydrogen) atoms. The molecule has 1 atom stereocenters. The van der Waals surface area contributed by atoms with Crippen LogP contribution in [0, 0.1) is 13.8 Å². The van der Waals surface area contributed by atoms with Crippen molar-refractivity contribution < 1.29 is 4.79 Å². The van der Waals surface area contributed by atoms with Gasteiger partial charge in [0.1, 0.15) is 16.2 Å². The lowest BCUT2D eigenvalue weighted by Gasteiger charge is -2.19. The third-order valence-corrected chi connectivity index (χ3v) is 7.01. The van der Waals surface area contributed by atoms with Crippen molar-refractivity contribution in [1.29, 1.82) is 0 Å². The van der Waals surface area contributed by atoms with Crippen LogP contribution in [0.3, 0.4) is 0 Å². The Morgan fingerprint density at radius 1 is 1.25 bits per heavy atom. The number of thiophene rings is 1. The number of carbonyl (C=O) groups is 1. The number of nitrogens with zero attached hydrogens (tertiary/aromatic N) is 2. The minimum atomic E-state index is -0.147. The number of aryl methyl sites for hydroxylation is 2. The fourth-order valence-electron chi connectivity index (χ4n) is 3.20. The van der Waals surface area contributed by atoms with Crippen molar-refractivity contribution in [3.05, 3.63) is 16.8 Å². The van der Waals surface area contributed by atoms with Gasteiger partial charge in [0.25, 0.3) is 0 Å². The average Bonchev–Trinajstić information content (AvgIpc) is 2.74. The maximum absolute atomic E-state index is 12.6. The van der Waals surface area contributed by atoms with Crippen molar-refractivity contribution in [1.82, 2.24) is 15.3 Å². The molecule has 2 aromatic rings. The van der Waals surface area contributed by atoms with Gasteiger partial charge in [-0.25, -0.2) is 9.97 Å². The smallest absolute Gasteiger partial charge is 0.233 e. The molecule has 1 N–H and O–H groups in total. The highest BCUT2D eigenvalue weighted by Gasteiger charge is 2.22. The number of carbonyl (C=O) groups excluding carboxylic acids is 1. The second-order valence-electron chi connectivity index (χ2n) is 6.60. The zero-order valence-corrected chi connectivity index (χ0v) is 16.2. The molecule has 6 heteroatoms. The largest absolute Gasteiger partial charge is 0.352 e. The molecule has 0 bridgehead atoms. The first-order valence-corrected chi connectivity index (χ1v) is 10.4. The molecule has 130 valence electrons. The molecule has 0 saturated heterocycles. The molecule has 1 amide bonds. The van der Waals surface area contributed by atoms with Crippen molar-refractivity contribution >= 4 is 39.2 Å². The van der Waals surface area contributed by atoms with E-state index in [1.165, 1.54) is 36.1 Å². The Hall–Kier alpha value is -1.14. The van der Waals surface area contributed by atoms with Gasteiger partial charge in [-0.05, 0) is 39.2 Å². The molecule has 3 rings (SSSR count). The number of hydrogen-bond acceptors (Lipinski definition) is 5. The van der Waals surface area contributed by atoms with E-state index in [1.807, 2.05) is 6.92 Å². The lowest BCUT2D eigenvalue weighted by atomic mass is 10.1. The molecule has 1 saturated carbocycles. The maximum Gasteiger partial charge on any atom is 0.233 e. The van der Waals surface area contributed by atoms with Crippen molar-refractivity contribution in [2.75, 3.05) is 0 Å². The molecule has 2 aromatic heterocycles. The van der Waals surface area contributed by atoms with Crippen LogP contribution < -0.4 is 5.32 Å². The van der Waals surface area contributed by atoms with Gasteiger partial charge in [-0.15, -0.1) is 11.3 Å². The molecule has 1 fully saturated rings. The molecule has 2 heterocycles. The molecule has 1 aliphatic carbocycles. The summed E-state index contributed by atoms with van der Waals surface area (Å²) in [6.07, 6.45) is 8.89. The predicted octanol–water partition coefficient (Wildman–Crippen LogP) is 4.63. The fraction of sp³-hybridized carbons (Fsp3) is 0.611. The van der Waals surface area contributed by atoms with Crippen LogP contribution in [0.25, 0.3) is 10.2 Å². The SMILES string of the molecule is Cc1sc2ncnc(S[C@H](C)C(=O)NC3CCCCCC3)c2c1C. The number of thioether (sulfide) groups is 1. The highest BCUT2D eigenvalue weighted by atomic mass is 32.2. The normalized spacial score (nSPS) is 17.6. The number of amides is 1. The van der Waals surface area contributed by atoms with Crippen LogP contribution >= 0.6 is 23.1 Å². The van der Waals surface area contributed by atoms with E-state index in [0.717, 1.165) is 28.1 Å². The van der Waals surface area contributed by atoms with E-state index in [1.54, 1.807) is 29.4 Å². The third kappa shape index (κ3) is 3.91. The minimum absolute atomic E-state index is 0.128. The molecular formula is C18H25N3OS2. The minimum Gasteiger partial charge on any atom is -0.352 e. The van der Waals surface area contributed by atoms with E-state index in [0.29, 0.717) is 6.04 Å². The molecule has 0 aromatic carbocycles. The number of rotatable bonds is 4. The van der Waals surface area contributed by atoms with Gasteiger partial charge in [-0.3, -0.25) is 4.79 Å². The highest BCUT2D eigenvalue weighted by Crippen LogP contribution is 2.36. The number of fused-ring (bicyclic) bond motifs is 1. The van der Waals surface area contributed by atoms with E-state index in [9.17, 15) is 4.79 Å². The Morgan fingerprint density at radius 2 is 1.96 bits per heavy atom. The summed E-state index contributed by atoms with van der Waals surface area (Å²) < 4.78 is 0. The summed E-state index contributed by atoms with van der Waals surface area (Å²) in [4.78, 5) is 23.7. The monoisotopic (exact) mass is 363 g/mol. The Kier molecular flexibility index (Phi) is 5.76. The molecule has 0 spiro atoms. The second kappa shape index (κ2) is 7.83. The number of aromatic nitrogens is 2. The van der Waals surface area contributed by atoms with Gasteiger partial charge >= 0.3 is 0 Å². The average molecular weight is 364 g/mol. The van der Waals surface area contributed by atoms with E-state index in [-0.39, 0.29) is 11.2 Å². The summed E-state index contributed by atoms with van der Waals surface area (Å²) in [6.45, 7) is 6.19. The number of nitrogens with one attached hydrogen (secondary N) is 1. The zero-order chi connectivity index (χ0) is 17.1. The molecule has 0 radical (unpaired) electrons. The van der Waals surface area contributed by atoms with Gasteiger partial charge in [-0.1, -0.05) is 37.4 Å². The van der Waals surface area contributed by atoms with Crippen molar-refractivity contribution in [3.63, 3.8) is 0 Å². The molecule has 1 aliphatic rings. The van der Waals surface area contributed by atoms with Crippen molar-refractivity contribution in [2.45, 2.75) is 75.6 Å². The zero-order valence-electron chi connectivity index (χ0n) is 14.6. The molecule has 0 unspecified atom stereocenters. The summed E-state index contributed by atoms with van der Waals surface area (Å²) in [5, 5.41) is 5.13. The summed E-state index contributed by atoms with van der Waals surface area (Å²) in [6, 6.07) is 0.346. The van der Waals surface area contributed by atoms with Gasteiger partial charge in [0, 0.05) is 16.3 Å². The van der Waals surface area contributed by atoms with Crippen LogP contribution in [-0.2, 0) is 4.79 Å². The maximum atomic E-state index is 12.6. The van der Waals surface area contributed by atoms with Crippen LogP contribution in [0.2, 0.25) is 0 Å². The van der Waals surface area contributed by atoms with Gasteiger partial charge in [0.05, 0.1) is 5.25 Å². The summed E-state index contributed by atoms with van der Waals surface area (Å²) >= 11 is 3.24. The topological polar surface area (TPSA) is 54.9 Å². The van der Waals surface area contributed by atoms with Gasteiger partial charge in [0.2, 0.25) is 5.91 Å². The standard InChI is InChI=1S/C18H25N3OS2/c1-11-12(2)23-17-15(11)18(20-10-19-17)24-13(3)16(22)21-14-8-6-4-5-7-9-14/h10,13-14H,4-9H2,1-3H3,(H,21,22)/t13-/m1/s1. The van der Waals surface area contributed by atoms with Crippen molar-refractivity contribution in [3.8, 4) is 0 Å². The lowest BCUT2D eigenvalue weighted by Crippen LogP contribution is -2.39. The predicted molar refractivity (Wildman–Crippen MR) is 102 cm³/mol. The first-order chi connectivity index (χ1) is 11.6. The van der Waals surface area contributed by atoms with E-state index < -0.39 is 0 Å². The van der Waals surface area contributed by atoms with Crippen LogP contribution in [0.5, 0.6) is 0 Å². The molecular weight excluding hydrogens is 338 g/mol. The van der Waals surface area contributed by atoms with E-state index >= 15 is 0 Å². The van der Waals surface area contributed by atoms with Crippen molar-refractivity contribution in [2.24, 2.45) is 0 Å². The molecule has 0 aliphatic heterocycles. The highest BCUT2D eigenvalue weighted by molar-refractivity contribution is 8.00. The summed E-state index contributed by atoms with van der Waals surface area (Å²) in [7, 11) is 0. The lowest BCUT2D eigenvalue weighted by molar-refractivity contribution is -0.121. The number of hydrogen-bond donors (Lipinski definition) is 1. The van der Waals surface area contributed by atoms with Crippen LogP contribution in [0.4, 0.5) is 0 Å². The molecule has 4 nitrogen and oxygen atoms in total. The second-order valence-corrected chi connectivity index (χ2v) is 9.13. The van der Waals surface area contributed by atoms with E-state index in [2.05, 4.69) is 29.1 Å². The van der Waals surface area contributed by atoms with Crippen LogP contribution in [0.1, 0.15) is 55.9 Å². The Labute approximate surface area is 151 Å². The Bertz CT molecular complexity index is 720. The first-order valence-electron chi connectivity index (χ1n) is 8.74. The van der Waals surface area contributed by atoms with E-state index in [4.69, 9.17) is 0 Å². The fourth-order valence-corrected chi connectivity index (χ4v) is 5.25. The Morgan fingerprint density at radius 3 is 2.67 bits per heavy atom. The third-order valence-electron chi connectivity index (χ3n) is 4.79. The van der Waals surface area contributed by atoms with Crippen LogP contribution in [0.15, 0.2) is 11.4 Å². The van der Waals surface area contributed by atoms with Gasteiger partial charge < -0.3 is 5.32 Å². The quantitative estimate of drug-likeness (QED) is 0.489.